The first-order chi connectivity index (χ1) is 5.42. The average Bonchev–Trinajstić information content (AvgIpc) is 1.47. The third kappa shape index (κ3) is 85.4. The molecule has 0 radical (unpaired) electrons. The molecular formula is C14H34O. The average molecular weight is 218 g/mol. The van der Waals surface area contributed by atoms with Gasteiger partial charge in [0, 0.05) is 6.42 Å². The summed E-state index contributed by atoms with van der Waals surface area (Å²) in [6.45, 7) is 16.6. The summed E-state index contributed by atoms with van der Waals surface area (Å²) in [6.07, 6.45) is 0.687. The van der Waals surface area contributed by atoms with Crippen LogP contribution in [0.5, 0.6) is 0 Å². The maximum Gasteiger partial charge on any atom is 0.130 e. The lowest BCUT2D eigenvalue weighted by atomic mass is 9.91. The van der Waals surface area contributed by atoms with Gasteiger partial charge < -0.3 is 4.79 Å². The second-order valence-electron chi connectivity index (χ2n) is 6.44. The van der Waals surface area contributed by atoms with Crippen molar-refractivity contribution in [2.24, 2.45) is 10.8 Å². The molecule has 0 saturated carbocycles. The Labute approximate surface area is 98.7 Å². The standard InChI is InChI=1S/C7H14O.C5H12.2CH4/c1-6(8)5-7(2,3)4;1-5(2,3)4;;/h5H2,1-4H3;1-4H3;2*1H4. The van der Waals surface area contributed by atoms with E-state index in [1.807, 2.05) is 0 Å². The summed E-state index contributed by atoms with van der Waals surface area (Å²) in [5, 5.41) is 0. The van der Waals surface area contributed by atoms with Crippen molar-refractivity contribution in [3.05, 3.63) is 0 Å². The Balaban J connectivity index is -0.0000000770. The number of hydrogen-bond donors (Lipinski definition) is 0. The molecule has 0 unspecified atom stereocenters. The van der Waals surface area contributed by atoms with Gasteiger partial charge in [0.1, 0.15) is 5.78 Å². The number of rotatable bonds is 1. The van der Waals surface area contributed by atoms with Gasteiger partial charge in [-0.1, -0.05) is 63.3 Å². The van der Waals surface area contributed by atoms with Gasteiger partial charge in [-0.25, -0.2) is 0 Å². The van der Waals surface area contributed by atoms with Crippen LogP contribution in [0.3, 0.4) is 0 Å². The Morgan fingerprint density at radius 1 is 0.867 bits per heavy atom. The van der Waals surface area contributed by atoms with Gasteiger partial charge in [0.15, 0.2) is 0 Å². The van der Waals surface area contributed by atoms with Gasteiger partial charge in [-0.2, -0.15) is 0 Å². The highest BCUT2D eigenvalue weighted by Crippen LogP contribution is 2.17. The van der Waals surface area contributed by atoms with Crippen LogP contribution in [-0.2, 0) is 4.79 Å². The molecule has 0 aromatic rings. The zero-order valence-electron chi connectivity index (χ0n) is 10.6. The van der Waals surface area contributed by atoms with Crippen LogP contribution in [0.15, 0.2) is 0 Å². The summed E-state index contributed by atoms with van der Waals surface area (Å²) in [4.78, 5) is 10.5. The first-order valence-corrected chi connectivity index (χ1v) is 4.91. The molecule has 0 aliphatic heterocycles. The van der Waals surface area contributed by atoms with Crippen LogP contribution in [-0.4, -0.2) is 5.78 Å². The molecule has 0 aliphatic carbocycles. The highest BCUT2D eigenvalue weighted by molar-refractivity contribution is 5.76. The Bertz CT molecular complexity index is 138. The lowest BCUT2D eigenvalue weighted by Gasteiger charge is -2.14. The summed E-state index contributed by atoms with van der Waals surface area (Å²) in [5.41, 5.74) is 0.672. The monoisotopic (exact) mass is 218 g/mol. The van der Waals surface area contributed by atoms with Crippen molar-refractivity contribution in [3.8, 4) is 0 Å². The second kappa shape index (κ2) is 8.94. The largest absolute Gasteiger partial charge is 0.300 e. The molecule has 0 bridgehead atoms. The highest BCUT2D eigenvalue weighted by Gasteiger charge is 2.11. The molecule has 0 rings (SSSR count). The van der Waals surface area contributed by atoms with E-state index in [-0.39, 0.29) is 26.1 Å². The third-order valence-electron chi connectivity index (χ3n) is 0.779. The van der Waals surface area contributed by atoms with Crippen LogP contribution in [0.2, 0.25) is 0 Å². The molecule has 0 aromatic carbocycles. The first-order valence-electron chi connectivity index (χ1n) is 4.91. The summed E-state index contributed by atoms with van der Waals surface area (Å²) in [5.74, 6) is 0.275. The predicted molar refractivity (Wildman–Crippen MR) is 73.3 cm³/mol. The van der Waals surface area contributed by atoms with Gasteiger partial charge in [-0.15, -0.1) is 0 Å². The minimum atomic E-state index is 0. The zero-order chi connectivity index (χ0) is 11.3. The molecule has 0 N–H and O–H groups in total. The maximum atomic E-state index is 10.5. The third-order valence-corrected chi connectivity index (χ3v) is 0.779. The molecule has 0 spiro atoms. The van der Waals surface area contributed by atoms with Gasteiger partial charge in [-0.3, -0.25) is 0 Å². The fraction of sp³-hybridized carbons (Fsp3) is 0.929. The fourth-order valence-corrected chi connectivity index (χ4v) is 0.747. The van der Waals surface area contributed by atoms with Crippen LogP contribution < -0.4 is 0 Å². The number of hydrogen-bond acceptors (Lipinski definition) is 1. The van der Waals surface area contributed by atoms with E-state index in [1.165, 1.54) is 0 Å². The number of ketones is 1. The molecule has 1 heteroatoms. The molecule has 0 amide bonds. The Hall–Kier alpha value is -0.330. The summed E-state index contributed by atoms with van der Waals surface area (Å²) in [7, 11) is 0. The lowest BCUT2D eigenvalue weighted by molar-refractivity contribution is -0.118. The summed E-state index contributed by atoms with van der Waals surface area (Å²) < 4.78 is 0. The van der Waals surface area contributed by atoms with Crippen molar-refractivity contribution in [2.45, 2.75) is 76.7 Å². The number of carbonyl (C=O) groups is 1. The molecule has 1 nitrogen and oxygen atoms in total. The molecule has 0 aliphatic rings. The van der Waals surface area contributed by atoms with E-state index >= 15 is 0 Å². The second-order valence-corrected chi connectivity index (χ2v) is 6.44. The van der Waals surface area contributed by atoms with Crippen molar-refractivity contribution in [1.82, 2.24) is 0 Å². The molecule has 0 fully saturated rings. The zero-order valence-corrected chi connectivity index (χ0v) is 10.6. The molecule has 0 saturated heterocycles. The molecule has 0 aromatic heterocycles. The number of Topliss-reactive ketones (excluding diaryl/α,β-unsaturated/α-hetero) is 1. The van der Waals surface area contributed by atoms with Crippen LogP contribution in [0.1, 0.15) is 76.7 Å². The van der Waals surface area contributed by atoms with Gasteiger partial charge >= 0.3 is 0 Å². The molecule has 15 heavy (non-hydrogen) atoms. The highest BCUT2D eigenvalue weighted by atomic mass is 16.1. The van der Waals surface area contributed by atoms with Crippen molar-refractivity contribution in [1.29, 1.82) is 0 Å². The minimum absolute atomic E-state index is 0. The Morgan fingerprint density at radius 3 is 1.07 bits per heavy atom. The molecular weight excluding hydrogens is 184 g/mol. The molecule has 96 valence electrons. The van der Waals surface area contributed by atoms with Crippen molar-refractivity contribution in [3.63, 3.8) is 0 Å². The Morgan fingerprint density at radius 2 is 1.07 bits per heavy atom. The Kier molecular flexibility index (Phi) is 14.3. The topological polar surface area (TPSA) is 17.1 Å². The molecule has 0 heterocycles. The van der Waals surface area contributed by atoms with Crippen LogP contribution in [0.4, 0.5) is 0 Å². The quantitative estimate of drug-likeness (QED) is 0.581. The fourth-order valence-electron chi connectivity index (χ4n) is 0.747. The smallest absolute Gasteiger partial charge is 0.130 e. The van der Waals surface area contributed by atoms with Gasteiger partial charge in [0.05, 0.1) is 0 Å². The van der Waals surface area contributed by atoms with Crippen LogP contribution in [0.25, 0.3) is 0 Å². The molecule has 0 atom stereocenters. The van der Waals surface area contributed by atoms with E-state index in [9.17, 15) is 4.79 Å². The lowest BCUT2D eigenvalue weighted by Crippen LogP contribution is -2.09. The minimum Gasteiger partial charge on any atom is -0.300 e. The van der Waals surface area contributed by atoms with E-state index in [0.29, 0.717) is 11.8 Å². The van der Waals surface area contributed by atoms with Crippen molar-refractivity contribution < 1.29 is 4.79 Å². The summed E-state index contributed by atoms with van der Waals surface area (Å²) in [6, 6.07) is 0. The summed E-state index contributed by atoms with van der Waals surface area (Å²) >= 11 is 0. The van der Waals surface area contributed by atoms with Gasteiger partial charge in [0.2, 0.25) is 0 Å². The van der Waals surface area contributed by atoms with Gasteiger partial charge in [-0.05, 0) is 17.8 Å². The van der Waals surface area contributed by atoms with Crippen LogP contribution in [0, 0.1) is 10.8 Å². The van der Waals surface area contributed by atoms with Crippen molar-refractivity contribution in [2.75, 3.05) is 0 Å². The van der Waals surface area contributed by atoms with Crippen molar-refractivity contribution >= 4 is 5.78 Å². The normalized spacial score (nSPS) is 10.1. The van der Waals surface area contributed by atoms with E-state index in [0.717, 1.165) is 0 Å². The van der Waals surface area contributed by atoms with E-state index < -0.39 is 0 Å². The van der Waals surface area contributed by atoms with Gasteiger partial charge in [0.25, 0.3) is 0 Å². The van der Waals surface area contributed by atoms with E-state index in [4.69, 9.17) is 0 Å². The van der Waals surface area contributed by atoms with Crippen LogP contribution >= 0.6 is 0 Å². The SMILES string of the molecule is C.C.CC(=O)CC(C)(C)C.CC(C)(C)C. The maximum absolute atomic E-state index is 10.5. The van der Waals surface area contributed by atoms with E-state index in [2.05, 4.69) is 48.5 Å². The first kappa shape index (κ1) is 24.1. The van der Waals surface area contributed by atoms with E-state index in [1.54, 1.807) is 6.92 Å². The number of carbonyl (C=O) groups excluding carboxylic acids is 1. The predicted octanol–water partition coefficient (Wildman–Crippen LogP) is 5.34.